The van der Waals surface area contributed by atoms with Crippen molar-refractivity contribution in [1.82, 2.24) is 0 Å². The Labute approximate surface area is 297 Å². The van der Waals surface area contributed by atoms with E-state index in [4.69, 9.17) is 13.3 Å². The maximum absolute atomic E-state index is 6.90. The van der Waals surface area contributed by atoms with Crippen LogP contribution in [0.15, 0.2) is 60.7 Å². The molecule has 2 rings (SSSR count). The molecule has 3 nitrogen and oxygen atoms in total. The standard InChI is InChI=1S/C20H28OSi.C11H26OSi.C10H24OSi/c1-19(2,3)21-22(20(4,5)6,17-13-9-7-10-14-17)18-15-11-8-12-16-18;1-9(2)13(8,10(3)4)12-11(5,6)7;1-9(2,3)11-12(7,8)10(4,5)6/h7-16H,1-6H3;9-10H,1-8H3;1-8H3. The maximum atomic E-state index is 6.90. The molecule has 47 heavy (non-hydrogen) atoms. The van der Waals surface area contributed by atoms with Crippen LogP contribution in [-0.4, -0.2) is 41.8 Å². The number of hydrogen-bond acceptors (Lipinski definition) is 3. The maximum Gasteiger partial charge on any atom is 0.261 e. The molecule has 0 heterocycles. The van der Waals surface area contributed by atoms with Crippen molar-refractivity contribution in [1.29, 1.82) is 0 Å². The number of rotatable bonds is 7. The Morgan fingerprint density at radius 1 is 0.426 bits per heavy atom. The van der Waals surface area contributed by atoms with E-state index in [1.54, 1.807) is 0 Å². The molecule has 0 aliphatic carbocycles. The minimum absolute atomic E-state index is 0.00298. The van der Waals surface area contributed by atoms with Crippen LogP contribution in [0.2, 0.25) is 40.8 Å². The van der Waals surface area contributed by atoms with Gasteiger partial charge in [-0.15, -0.1) is 0 Å². The topological polar surface area (TPSA) is 27.7 Å². The van der Waals surface area contributed by atoms with E-state index in [2.05, 4.69) is 212 Å². The van der Waals surface area contributed by atoms with E-state index in [0.29, 0.717) is 16.1 Å². The summed E-state index contributed by atoms with van der Waals surface area (Å²) >= 11 is 0. The third-order valence-corrected chi connectivity index (χ3v) is 24.8. The lowest BCUT2D eigenvalue weighted by atomic mass is 10.2. The van der Waals surface area contributed by atoms with Crippen LogP contribution in [-0.2, 0) is 13.3 Å². The van der Waals surface area contributed by atoms with Gasteiger partial charge in [0.05, 0.1) is 0 Å². The van der Waals surface area contributed by atoms with Crippen molar-refractivity contribution in [3.8, 4) is 0 Å². The molecule has 0 aromatic heterocycles. The van der Waals surface area contributed by atoms with Gasteiger partial charge in [-0.05, 0) is 113 Å². The van der Waals surface area contributed by atoms with Gasteiger partial charge in [0.25, 0.3) is 8.32 Å². The van der Waals surface area contributed by atoms with Gasteiger partial charge < -0.3 is 13.3 Å². The fraction of sp³-hybridized carbons (Fsp3) is 0.707. The van der Waals surface area contributed by atoms with Crippen molar-refractivity contribution in [3.05, 3.63) is 60.7 Å². The van der Waals surface area contributed by atoms with Crippen molar-refractivity contribution in [3.63, 3.8) is 0 Å². The minimum atomic E-state index is -2.38. The van der Waals surface area contributed by atoms with E-state index in [9.17, 15) is 0 Å². The quantitative estimate of drug-likeness (QED) is 0.269. The number of benzene rings is 2. The fourth-order valence-corrected chi connectivity index (χ4v) is 15.4. The third-order valence-electron chi connectivity index (χ3n) is 9.06. The smallest absolute Gasteiger partial charge is 0.261 e. The van der Waals surface area contributed by atoms with Crippen LogP contribution in [0.3, 0.4) is 0 Å². The second-order valence-corrected chi connectivity index (χ2v) is 33.4. The van der Waals surface area contributed by atoms with Crippen molar-refractivity contribution < 1.29 is 13.3 Å². The summed E-state index contributed by atoms with van der Waals surface area (Å²) in [6.45, 7) is 49.2. The largest absolute Gasteiger partial charge is 0.412 e. The SMILES string of the molecule is CC(C)(C)O[Si](C)(C)C(C)(C)C.CC(C)(C)O[Si](c1ccccc1)(c1ccccc1)C(C)(C)C.CC(C)[Si](C)(OC(C)(C)C)C(C)C. The van der Waals surface area contributed by atoms with Crippen molar-refractivity contribution in [2.24, 2.45) is 0 Å². The Balaban J connectivity index is 0.000000730. The second-order valence-electron chi connectivity index (χ2n) is 19.6. The van der Waals surface area contributed by atoms with E-state index < -0.39 is 25.0 Å². The summed E-state index contributed by atoms with van der Waals surface area (Å²) in [4.78, 5) is 0. The predicted octanol–water partition coefficient (Wildman–Crippen LogP) is 12.4. The summed E-state index contributed by atoms with van der Waals surface area (Å²) in [6.07, 6.45) is 0. The Morgan fingerprint density at radius 3 is 0.894 bits per heavy atom. The molecule has 0 saturated heterocycles. The Kier molecular flexibility index (Phi) is 16.4. The van der Waals surface area contributed by atoms with E-state index in [-0.39, 0.29) is 21.8 Å². The lowest BCUT2D eigenvalue weighted by Gasteiger charge is -2.46. The highest BCUT2D eigenvalue weighted by Gasteiger charge is 2.52. The Hall–Kier alpha value is -1.03. The van der Waals surface area contributed by atoms with Crippen LogP contribution in [0, 0.1) is 0 Å². The van der Waals surface area contributed by atoms with Gasteiger partial charge in [0.1, 0.15) is 0 Å². The summed E-state index contributed by atoms with van der Waals surface area (Å²) in [5.74, 6) is 0. The van der Waals surface area contributed by atoms with E-state index in [1.807, 2.05) is 0 Å². The molecule has 2 aromatic rings. The van der Waals surface area contributed by atoms with Gasteiger partial charge in [-0.25, -0.2) is 0 Å². The molecular formula is C41H78O3Si3. The highest BCUT2D eigenvalue weighted by Crippen LogP contribution is 2.40. The zero-order valence-electron chi connectivity index (χ0n) is 35.2. The molecule has 6 heteroatoms. The van der Waals surface area contributed by atoms with Crippen molar-refractivity contribution in [2.75, 3.05) is 0 Å². The van der Waals surface area contributed by atoms with E-state index in [1.165, 1.54) is 10.4 Å². The minimum Gasteiger partial charge on any atom is -0.412 e. The molecule has 0 fully saturated rings. The molecule has 0 aliphatic heterocycles. The van der Waals surface area contributed by atoms with E-state index in [0.717, 1.165) is 0 Å². The van der Waals surface area contributed by atoms with Gasteiger partial charge in [-0.1, -0.05) is 130 Å². The first-order valence-corrected chi connectivity index (χ1v) is 25.3. The molecule has 0 radical (unpaired) electrons. The first kappa shape index (κ1) is 46.0. The lowest BCUT2D eigenvalue weighted by Crippen LogP contribution is -2.68. The highest BCUT2D eigenvalue weighted by atomic mass is 28.4. The van der Waals surface area contributed by atoms with Crippen LogP contribution < -0.4 is 10.4 Å². The Bertz CT molecular complexity index is 1110. The average molecular weight is 703 g/mol. The first-order valence-electron chi connectivity index (χ1n) is 17.9. The molecule has 0 bridgehead atoms. The van der Waals surface area contributed by atoms with Crippen LogP contribution >= 0.6 is 0 Å². The van der Waals surface area contributed by atoms with Gasteiger partial charge >= 0.3 is 0 Å². The molecule has 0 atom stereocenters. The van der Waals surface area contributed by atoms with Gasteiger partial charge in [-0.3, -0.25) is 0 Å². The summed E-state index contributed by atoms with van der Waals surface area (Å²) in [5.41, 5.74) is 1.20. The summed E-state index contributed by atoms with van der Waals surface area (Å²) in [7, 11) is -5.46. The molecular weight excluding hydrogens is 625 g/mol. The molecule has 0 amide bonds. The summed E-state index contributed by atoms with van der Waals surface area (Å²) < 4.78 is 19.3. The van der Waals surface area contributed by atoms with Crippen molar-refractivity contribution in [2.45, 2.75) is 189 Å². The molecule has 0 aliphatic rings. The highest BCUT2D eigenvalue weighted by molar-refractivity contribution is 6.99. The van der Waals surface area contributed by atoms with Gasteiger partial charge in [-0.2, -0.15) is 0 Å². The summed E-state index contributed by atoms with van der Waals surface area (Å²) in [6, 6.07) is 21.6. The predicted molar refractivity (Wildman–Crippen MR) is 219 cm³/mol. The van der Waals surface area contributed by atoms with Gasteiger partial charge in [0, 0.05) is 16.8 Å². The van der Waals surface area contributed by atoms with Gasteiger partial charge in [0.15, 0.2) is 16.6 Å². The zero-order chi connectivity index (χ0) is 37.5. The molecule has 0 saturated carbocycles. The fourth-order valence-electron chi connectivity index (χ4n) is 5.59. The Morgan fingerprint density at radius 2 is 0.723 bits per heavy atom. The van der Waals surface area contributed by atoms with Crippen LogP contribution in [0.25, 0.3) is 0 Å². The zero-order valence-corrected chi connectivity index (χ0v) is 38.2. The van der Waals surface area contributed by atoms with Crippen LogP contribution in [0.1, 0.15) is 132 Å². The van der Waals surface area contributed by atoms with Crippen molar-refractivity contribution >= 4 is 35.3 Å². The lowest BCUT2D eigenvalue weighted by molar-refractivity contribution is 0.111. The second kappa shape index (κ2) is 16.8. The monoisotopic (exact) mass is 703 g/mol. The van der Waals surface area contributed by atoms with Crippen LogP contribution in [0.4, 0.5) is 0 Å². The number of hydrogen-bond donors (Lipinski definition) is 0. The van der Waals surface area contributed by atoms with E-state index >= 15 is 0 Å². The first-order chi connectivity index (χ1) is 20.7. The normalized spacial score (nSPS) is 14.0. The molecule has 0 N–H and O–H groups in total. The van der Waals surface area contributed by atoms with Crippen LogP contribution in [0.5, 0.6) is 0 Å². The molecule has 0 spiro atoms. The van der Waals surface area contributed by atoms with Gasteiger partial charge in [0.2, 0.25) is 0 Å². The summed E-state index contributed by atoms with van der Waals surface area (Å²) in [5, 5.41) is 3.04. The third kappa shape index (κ3) is 14.8. The molecule has 272 valence electrons. The molecule has 0 unspecified atom stereocenters. The molecule has 2 aromatic carbocycles. The average Bonchev–Trinajstić information content (AvgIpc) is 2.84.